The molecule has 0 atom stereocenters. The summed E-state index contributed by atoms with van der Waals surface area (Å²) in [5.74, 6) is 2.57. The lowest BCUT2D eigenvalue weighted by Crippen LogP contribution is -2.09. The van der Waals surface area contributed by atoms with Crippen LogP contribution in [0.1, 0.15) is 49.5 Å². The zero-order valence-electron chi connectivity index (χ0n) is 18.4. The molecule has 5 rings (SSSR count). The Morgan fingerprint density at radius 1 is 1.10 bits per heavy atom. The maximum absolute atomic E-state index is 5.67. The monoisotopic (exact) mass is 415 g/mol. The Kier molecular flexibility index (Phi) is 5.14. The topological polar surface area (TPSA) is 56.9 Å². The van der Waals surface area contributed by atoms with Crippen LogP contribution in [-0.4, -0.2) is 26.2 Å². The lowest BCUT2D eigenvalue weighted by atomic mass is 9.89. The molecule has 0 spiro atoms. The van der Waals surface area contributed by atoms with Crippen LogP contribution in [-0.2, 0) is 7.05 Å². The van der Waals surface area contributed by atoms with Crippen LogP contribution in [0.2, 0.25) is 0 Å². The number of aromatic nitrogens is 4. The average Bonchev–Trinajstić information content (AvgIpc) is 3.38. The maximum atomic E-state index is 5.67. The van der Waals surface area contributed by atoms with Crippen LogP contribution in [0, 0.1) is 6.92 Å². The fraction of sp³-hybridized carbons (Fsp3) is 0.360. The van der Waals surface area contributed by atoms with Crippen molar-refractivity contribution in [1.82, 2.24) is 19.1 Å². The smallest absolute Gasteiger partial charge is 0.144 e. The van der Waals surface area contributed by atoms with Gasteiger partial charge in [0.05, 0.1) is 36.0 Å². The van der Waals surface area contributed by atoms with Gasteiger partial charge in [0.2, 0.25) is 0 Å². The van der Waals surface area contributed by atoms with Crippen molar-refractivity contribution in [3.63, 3.8) is 0 Å². The van der Waals surface area contributed by atoms with Crippen LogP contribution in [0.25, 0.3) is 16.7 Å². The second kappa shape index (κ2) is 8.10. The summed E-state index contributed by atoms with van der Waals surface area (Å²) in [5, 5.41) is 3.57. The Morgan fingerprint density at radius 2 is 1.94 bits per heavy atom. The summed E-state index contributed by atoms with van der Waals surface area (Å²) in [6, 6.07) is 12.5. The van der Waals surface area contributed by atoms with E-state index in [2.05, 4.69) is 46.2 Å². The summed E-state index contributed by atoms with van der Waals surface area (Å²) in [7, 11) is 3.84. The first-order valence-electron chi connectivity index (χ1n) is 11.1. The van der Waals surface area contributed by atoms with Gasteiger partial charge in [-0.2, -0.15) is 0 Å². The van der Waals surface area contributed by atoms with E-state index in [0.717, 1.165) is 34.0 Å². The highest BCUT2D eigenvalue weighted by Gasteiger charge is 2.22. The molecule has 6 heteroatoms. The quantitative estimate of drug-likeness (QED) is 0.443. The van der Waals surface area contributed by atoms with E-state index in [1.165, 1.54) is 43.4 Å². The number of para-hydroxylation sites is 1. The highest BCUT2D eigenvalue weighted by Crippen LogP contribution is 2.36. The van der Waals surface area contributed by atoms with E-state index in [-0.39, 0.29) is 0 Å². The number of nitrogens with zero attached hydrogens (tertiary/aromatic N) is 4. The van der Waals surface area contributed by atoms with Gasteiger partial charge in [0.1, 0.15) is 17.1 Å². The molecule has 6 nitrogen and oxygen atoms in total. The number of fused-ring (bicyclic) bond motifs is 1. The molecule has 0 bridgehead atoms. The van der Waals surface area contributed by atoms with E-state index in [9.17, 15) is 0 Å². The van der Waals surface area contributed by atoms with Gasteiger partial charge in [0, 0.05) is 30.9 Å². The minimum absolute atomic E-state index is 0.567. The van der Waals surface area contributed by atoms with Crippen LogP contribution in [0.15, 0.2) is 48.9 Å². The number of ether oxygens (including phenoxy) is 1. The molecule has 1 saturated carbocycles. The molecular weight excluding hydrogens is 386 g/mol. The fourth-order valence-electron chi connectivity index (χ4n) is 4.74. The second-order valence-corrected chi connectivity index (χ2v) is 8.47. The van der Waals surface area contributed by atoms with Crippen molar-refractivity contribution in [2.75, 3.05) is 12.4 Å². The molecule has 2 aromatic carbocycles. The molecular formula is C25H29N5O. The summed E-state index contributed by atoms with van der Waals surface area (Å²) in [5.41, 5.74) is 6.12. The third-order valence-electron chi connectivity index (χ3n) is 6.36. The third kappa shape index (κ3) is 3.67. The van der Waals surface area contributed by atoms with E-state index >= 15 is 0 Å². The molecule has 0 aliphatic heterocycles. The van der Waals surface area contributed by atoms with Crippen molar-refractivity contribution in [1.29, 1.82) is 0 Å². The Bertz CT molecular complexity index is 1220. The third-order valence-corrected chi connectivity index (χ3v) is 6.36. The maximum Gasteiger partial charge on any atom is 0.144 e. The van der Waals surface area contributed by atoms with E-state index in [1.807, 2.05) is 36.1 Å². The molecule has 160 valence electrons. The van der Waals surface area contributed by atoms with Gasteiger partial charge in [-0.25, -0.2) is 9.97 Å². The molecule has 0 amide bonds. The number of rotatable bonds is 5. The van der Waals surface area contributed by atoms with E-state index in [0.29, 0.717) is 5.92 Å². The lowest BCUT2D eigenvalue weighted by molar-refractivity contribution is 0.413. The van der Waals surface area contributed by atoms with Gasteiger partial charge in [0.15, 0.2) is 0 Å². The first-order chi connectivity index (χ1) is 15.1. The summed E-state index contributed by atoms with van der Waals surface area (Å²) >= 11 is 0. The Hall–Kier alpha value is -3.28. The van der Waals surface area contributed by atoms with Crippen molar-refractivity contribution in [3.05, 3.63) is 60.4 Å². The van der Waals surface area contributed by atoms with E-state index < -0.39 is 0 Å². The van der Waals surface area contributed by atoms with Gasteiger partial charge in [0.25, 0.3) is 0 Å². The Morgan fingerprint density at radius 3 is 2.68 bits per heavy atom. The van der Waals surface area contributed by atoms with Gasteiger partial charge in [-0.1, -0.05) is 25.3 Å². The van der Waals surface area contributed by atoms with Gasteiger partial charge in [-0.05, 0) is 44.0 Å². The lowest BCUT2D eigenvalue weighted by Gasteiger charge is -2.20. The normalized spacial score (nSPS) is 14.8. The number of aryl methyl sites for hydroxylation is 2. The molecule has 1 N–H and O–H groups in total. The minimum Gasteiger partial charge on any atom is -0.494 e. The minimum atomic E-state index is 0.567. The first-order valence-corrected chi connectivity index (χ1v) is 11.1. The Labute approximate surface area is 182 Å². The summed E-state index contributed by atoms with van der Waals surface area (Å²) in [6.07, 6.45) is 10.2. The largest absolute Gasteiger partial charge is 0.494 e. The van der Waals surface area contributed by atoms with E-state index in [4.69, 9.17) is 9.72 Å². The van der Waals surface area contributed by atoms with Crippen molar-refractivity contribution in [3.8, 4) is 11.4 Å². The molecule has 1 aliphatic rings. The summed E-state index contributed by atoms with van der Waals surface area (Å²) < 4.78 is 9.93. The first kappa shape index (κ1) is 19.7. The fourth-order valence-corrected chi connectivity index (χ4v) is 4.74. The predicted octanol–water partition coefficient (Wildman–Crippen LogP) is 5.87. The number of hydrogen-bond acceptors (Lipinski definition) is 4. The highest BCUT2D eigenvalue weighted by atomic mass is 16.5. The average molecular weight is 416 g/mol. The molecule has 0 unspecified atom stereocenters. The van der Waals surface area contributed by atoms with Crippen molar-refractivity contribution in [2.45, 2.75) is 44.9 Å². The Balaban J connectivity index is 1.49. The molecule has 2 aromatic heterocycles. The van der Waals surface area contributed by atoms with Crippen molar-refractivity contribution in [2.24, 2.45) is 7.05 Å². The van der Waals surface area contributed by atoms with E-state index in [1.54, 1.807) is 7.11 Å². The number of methoxy groups -OCH3 is 1. The molecule has 1 fully saturated rings. The molecule has 0 saturated heterocycles. The zero-order valence-corrected chi connectivity index (χ0v) is 18.4. The number of imidazole rings is 2. The number of nitrogens with one attached hydrogen (secondary N) is 1. The number of anilines is 2. The van der Waals surface area contributed by atoms with Gasteiger partial charge in [-0.15, -0.1) is 0 Å². The standard InChI is InChI=1S/C25H29N5O/c1-17-15-30(16-26-17)21-13-12-19(14-23(21)31-3)27-20-10-7-11-22-24(20)28-25(29(22)2)18-8-5-4-6-9-18/h7,10-16,18,27H,4-6,8-9H2,1-3H3. The van der Waals surface area contributed by atoms with Crippen LogP contribution >= 0.6 is 0 Å². The predicted molar refractivity (Wildman–Crippen MR) is 125 cm³/mol. The number of benzene rings is 2. The van der Waals surface area contributed by atoms with Crippen LogP contribution < -0.4 is 10.1 Å². The zero-order chi connectivity index (χ0) is 21.4. The molecule has 0 radical (unpaired) electrons. The molecule has 2 heterocycles. The molecule has 4 aromatic rings. The summed E-state index contributed by atoms with van der Waals surface area (Å²) in [4.78, 5) is 9.42. The van der Waals surface area contributed by atoms with Gasteiger partial charge in [-0.3, -0.25) is 0 Å². The SMILES string of the molecule is COc1cc(Nc2cccc3c2nc(C2CCCCC2)n3C)ccc1-n1cnc(C)c1. The van der Waals surface area contributed by atoms with Gasteiger partial charge < -0.3 is 19.2 Å². The summed E-state index contributed by atoms with van der Waals surface area (Å²) in [6.45, 7) is 1.98. The number of hydrogen-bond donors (Lipinski definition) is 1. The molecule has 1 aliphatic carbocycles. The van der Waals surface area contributed by atoms with Crippen LogP contribution in [0.5, 0.6) is 5.75 Å². The van der Waals surface area contributed by atoms with Crippen molar-refractivity contribution >= 4 is 22.4 Å². The second-order valence-electron chi connectivity index (χ2n) is 8.47. The van der Waals surface area contributed by atoms with Crippen molar-refractivity contribution < 1.29 is 4.74 Å². The molecule has 31 heavy (non-hydrogen) atoms. The highest BCUT2D eigenvalue weighted by molar-refractivity contribution is 5.91. The van der Waals surface area contributed by atoms with Crippen LogP contribution in [0.4, 0.5) is 11.4 Å². The van der Waals surface area contributed by atoms with Crippen LogP contribution in [0.3, 0.4) is 0 Å². The van der Waals surface area contributed by atoms with Gasteiger partial charge >= 0.3 is 0 Å².